The summed E-state index contributed by atoms with van der Waals surface area (Å²) in [5.74, 6) is -2.25. The Morgan fingerprint density at radius 3 is 2.41 bits per heavy atom. The number of oxime groups is 1. The molecule has 340 valence electrons. The smallest absolute Gasteiger partial charge is 0.410 e. The Hall–Kier alpha value is -5.27. The third-order valence-corrected chi connectivity index (χ3v) is 12.6. The highest BCUT2D eigenvalue weighted by atomic mass is 35.5. The van der Waals surface area contributed by atoms with Gasteiger partial charge in [-0.25, -0.2) is 13.6 Å². The van der Waals surface area contributed by atoms with Gasteiger partial charge in [0.15, 0.2) is 0 Å². The minimum absolute atomic E-state index is 0.00204. The molecule has 0 radical (unpaired) electrons. The van der Waals surface area contributed by atoms with E-state index < -0.39 is 29.7 Å². The summed E-state index contributed by atoms with van der Waals surface area (Å²) in [4.78, 5) is 22.3. The molecule has 0 spiro atoms. The summed E-state index contributed by atoms with van der Waals surface area (Å²) in [6.07, 6.45) is 7.57. The van der Waals surface area contributed by atoms with Crippen molar-refractivity contribution in [1.82, 2.24) is 4.90 Å². The first-order valence-electron chi connectivity index (χ1n) is 22.1. The van der Waals surface area contributed by atoms with E-state index in [0.717, 1.165) is 42.4 Å². The summed E-state index contributed by atoms with van der Waals surface area (Å²) >= 11 is 6.08. The quantitative estimate of drug-likeness (QED) is 0.0347. The van der Waals surface area contributed by atoms with E-state index in [4.69, 9.17) is 40.5 Å². The first kappa shape index (κ1) is 46.7. The Labute approximate surface area is 379 Å². The van der Waals surface area contributed by atoms with Gasteiger partial charge in [-0.3, -0.25) is 4.90 Å². The van der Waals surface area contributed by atoms with Gasteiger partial charge in [0.2, 0.25) is 5.79 Å². The molecule has 1 saturated carbocycles. The zero-order valence-electron chi connectivity index (χ0n) is 36.0. The number of amides is 1. The Bertz CT molecular complexity index is 2230. The van der Waals surface area contributed by atoms with Crippen LogP contribution in [0.15, 0.2) is 127 Å². The Kier molecular flexibility index (Phi) is 16.5. The standard InChI is InChI=1S/C51H57ClF2N2O8/c1-2-27-62-51-47(56(50(59)60-28-24-52)32-35-18-20-39(53)21-19-35)31-45(55-63-33-36-12-4-3-5-13-36)42-29-37(14-8-10-25-57)41(16-9-11-26-58)48(49(42)51)43-30-40(22-23-46(43)64-51)61-34-38-15-6-7-17-44(38)54/h2-7,12-13,15,17-23,29-30,37,41,47-49,57-58H,1,8-11,14,16,24-28,31-34H2/t37-,41+,47-,48+,49+,51+/m0/s1. The number of aliphatic hydroxyl groups is 2. The number of benzene rings is 4. The minimum atomic E-state index is -1.57. The van der Waals surface area contributed by atoms with E-state index in [-0.39, 0.29) is 82.1 Å². The number of carbonyl (C=O) groups excluding carboxylic acids is 1. The highest BCUT2D eigenvalue weighted by Gasteiger charge is 2.65. The molecule has 0 unspecified atom stereocenters. The summed E-state index contributed by atoms with van der Waals surface area (Å²) in [7, 11) is 0. The molecule has 64 heavy (non-hydrogen) atoms. The second-order valence-electron chi connectivity index (χ2n) is 16.5. The van der Waals surface area contributed by atoms with Crippen LogP contribution in [0.2, 0.25) is 0 Å². The van der Waals surface area contributed by atoms with E-state index in [1.54, 1.807) is 47.4 Å². The summed E-state index contributed by atoms with van der Waals surface area (Å²) in [5, 5.41) is 24.8. The molecule has 3 aliphatic rings. The lowest BCUT2D eigenvalue weighted by atomic mass is 9.55. The molecule has 1 aliphatic heterocycles. The number of halogens is 3. The zero-order chi connectivity index (χ0) is 44.9. The number of rotatable bonds is 22. The van der Waals surface area contributed by atoms with Gasteiger partial charge in [-0.2, -0.15) is 0 Å². The molecule has 10 nitrogen and oxygen atoms in total. The van der Waals surface area contributed by atoms with Crippen LogP contribution in [0.3, 0.4) is 0 Å². The maximum atomic E-state index is 14.8. The second-order valence-corrected chi connectivity index (χ2v) is 16.8. The van der Waals surface area contributed by atoms with Crippen molar-refractivity contribution < 1.29 is 47.6 Å². The number of nitrogens with zero attached hydrogens (tertiary/aromatic N) is 2. The number of aliphatic hydroxyl groups excluding tert-OH is 2. The van der Waals surface area contributed by atoms with Crippen molar-refractivity contribution in [2.45, 2.75) is 82.5 Å². The topological polar surface area (TPSA) is 119 Å². The lowest BCUT2D eigenvalue weighted by Crippen LogP contribution is -2.70. The predicted octanol–water partition coefficient (Wildman–Crippen LogP) is 10.3. The molecule has 4 aromatic carbocycles. The van der Waals surface area contributed by atoms with Crippen molar-refractivity contribution in [2.24, 2.45) is 22.9 Å². The first-order valence-corrected chi connectivity index (χ1v) is 22.7. The maximum absolute atomic E-state index is 14.8. The molecule has 7 rings (SSSR count). The predicted molar refractivity (Wildman–Crippen MR) is 241 cm³/mol. The highest BCUT2D eigenvalue weighted by molar-refractivity contribution is 6.18. The van der Waals surface area contributed by atoms with Crippen molar-refractivity contribution >= 4 is 23.4 Å². The van der Waals surface area contributed by atoms with Crippen LogP contribution in [-0.2, 0) is 34.1 Å². The molecule has 0 saturated heterocycles. The van der Waals surface area contributed by atoms with Crippen LogP contribution in [-0.4, -0.2) is 71.1 Å². The van der Waals surface area contributed by atoms with Crippen LogP contribution in [0, 0.1) is 29.4 Å². The van der Waals surface area contributed by atoms with Crippen LogP contribution in [0.25, 0.3) is 0 Å². The molecule has 6 atom stereocenters. The number of hydrogen-bond acceptors (Lipinski definition) is 9. The average molecular weight is 899 g/mol. The van der Waals surface area contributed by atoms with Crippen LogP contribution in [0.1, 0.15) is 73.1 Å². The zero-order valence-corrected chi connectivity index (χ0v) is 36.7. The molecule has 1 fully saturated rings. The van der Waals surface area contributed by atoms with E-state index >= 15 is 0 Å². The Morgan fingerprint density at radius 1 is 0.922 bits per heavy atom. The van der Waals surface area contributed by atoms with Gasteiger partial charge in [0.25, 0.3) is 0 Å². The first-order chi connectivity index (χ1) is 31.3. The number of fused-ring (bicyclic) bond motifs is 2. The van der Waals surface area contributed by atoms with Crippen LogP contribution >= 0.6 is 11.6 Å². The van der Waals surface area contributed by atoms with E-state index in [1.165, 1.54) is 18.2 Å². The monoisotopic (exact) mass is 898 g/mol. The van der Waals surface area contributed by atoms with Gasteiger partial charge in [0.1, 0.15) is 49.0 Å². The van der Waals surface area contributed by atoms with Crippen LogP contribution in [0.4, 0.5) is 13.6 Å². The number of alkyl halides is 1. The second kappa shape index (κ2) is 22.6. The fourth-order valence-electron chi connectivity index (χ4n) is 9.57. The summed E-state index contributed by atoms with van der Waals surface area (Å²) < 4.78 is 55.5. The van der Waals surface area contributed by atoms with Crippen molar-refractivity contribution in [3.05, 3.63) is 155 Å². The SMILES string of the molecule is C=CCO[C@@]12Oc3ccc(OCc4ccccc4F)cc3[C@H]3[C@H](CCCCO)[C@@H](CCCCO)C=C(C(=NOCc4ccccc4)C[C@@H]1N(Cc1ccc(F)cc1)C(=O)OCCCl)[C@H]32. The molecule has 13 heteroatoms. The molecular weight excluding hydrogens is 842 g/mol. The van der Waals surface area contributed by atoms with E-state index in [9.17, 15) is 23.8 Å². The van der Waals surface area contributed by atoms with E-state index in [0.29, 0.717) is 41.2 Å². The summed E-state index contributed by atoms with van der Waals surface area (Å²) in [6, 6.07) is 26.8. The normalized spacial score (nSPS) is 22.7. The fourth-order valence-corrected chi connectivity index (χ4v) is 9.65. The van der Waals surface area contributed by atoms with Gasteiger partial charge in [0, 0.05) is 43.2 Å². The molecule has 0 bridgehead atoms. The molecule has 4 aromatic rings. The van der Waals surface area contributed by atoms with Gasteiger partial charge in [-0.1, -0.05) is 90.8 Å². The lowest BCUT2D eigenvalue weighted by Gasteiger charge is -2.59. The number of allylic oxidation sites excluding steroid dienone is 1. The number of unbranched alkanes of at least 4 members (excludes halogenated alkanes) is 2. The van der Waals surface area contributed by atoms with Gasteiger partial charge in [-0.05, 0) is 90.6 Å². The number of ether oxygens (including phenoxy) is 4. The molecule has 0 aromatic heterocycles. The molecule has 2 N–H and O–H groups in total. The van der Waals surface area contributed by atoms with Crippen molar-refractivity contribution in [3.8, 4) is 11.5 Å². The van der Waals surface area contributed by atoms with Crippen molar-refractivity contribution in [2.75, 3.05) is 32.3 Å². The molecular formula is C51H57ClF2N2O8. The highest BCUT2D eigenvalue weighted by Crippen LogP contribution is 2.62. The molecule has 1 heterocycles. The van der Waals surface area contributed by atoms with Crippen LogP contribution < -0.4 is 9.47 Å². The van der Waals surface area contributed by atoms with Crippen molar-refractivity contribution in [3.63, 3.8) is 0 Å². The third kappa shape index (κ3) is 10.8. The summed E-state index contributed by atoms with van der Waals surface area (Å²) in [6.45, 7) is 4.29. The lowest BCUT2D eigenvalue weighted by molar-refractivity contribution is -0.256. The minimum Gasteiger partial charge on any atom is -0.489 e. The van der Waals surface area contributed by atoms with Gasteiger partial charge >= 0.3 is 6.09 Å². The molecule has 2 aliphatic carbocycles. The van der Waals surface area contributed by atoms with E-state index in [2.05, 4.69) is 12.7 Å². The maximum Gasteiger partial charge on any atom is 0.410 e. The number of carbonyl (C=O) groups is 1. The molecule has 1 amide bonds. The van der Waals surface area contributed by atoms with Gasteiger partial charge in [0.05, 0.1) is 24.1 Å². The summed E-state index contributed by atoms with van der Waals surface area (Å²) in [5.41, 5.74) is 4.27. The van der Waals surface area contributed by atoms with Gasteiger partial charge < -0.3 is 34.0 Å². The van der Waals surface area contributed by atoms with E-state index in [1.807, 2.05) is 42.5 Å². The fraction of sp³-hybridized carbons (Fsp3) is 0.412. The van der Waals surface area contributed by atoms with Gasteiger partial charge in [-0.15, -0.1) is 18.2 Å². The Morgan fingerprint density at radius 2 is 1.67 bits per heavy atom. The largest absolute Gasteiger partial charge is 0.489 e. The van der Waals surface area contributed by atoms with Crippen molar-refractivity contribution in [1.29, 1.82) is 0 Å². The van der Waals surface area contributed by atoms with Crippen LogP contribution in [0.5, 0.6) is 11.5 Å². The third-order valence-electron chi connectivity index (χ3n) is 12.4. The average Bonchev–Trinajstić information content (AvgIpc) is 3.31. The Balaban J connectivity index is 1.44. The number of hydrogen-bond donors (Lipinski definition) is 2.